The molecule has 2 aromatic rings. The fourth-order valence-electron chi connectivity index (χ4n) is 2.64. The Morgan fingerprint density at radius 2 is 1.52 bits per heavy atom. The predicted octanol–water partition coefficient (Wildman–Crippen LogP) is 4.87. The molecule has 21 heavy (non-hydrogen) atoms. The fourth-order valence-corrected chi connectivity index (χ4v) is 3.04. The summed E-state index contributed by atoms with van der Waals surface area (Å²) in [6.45, 7) is 2.02. The van der Waals surface area contributed by atoms with Gasteiger partial charge in [-0.25, -0.2) is 0 Å². The number of halogens is 1. The zero-order chi connectivity index (χ0) is 15.3. The van der Waals surface area contributed by atoms with E-state index in [1.165, 1.54) is 0 Å². The Hall–Kier alpha value is -2.10. The van der Waals surface area contributed by atoms with E-state index < -0.39 is 5.41 Å². The van der Waals surface area contributed by atoms with Gasteiger partial charge in [0.15, 0.2) is 0 Å². The Balaban J connectivity index is 2.69. The molecule has 0 aromatic heterocycles. The van der Waals surface area contributed by atoms with Crippen LogP contribution in [0.3, 0.4) is 0 Å². The number of benzene rings is 2. The summed E-state index contributed by atoms with van der Waals surface area (Å²) in [5.74, 6) is 0. The number of nitriles is 2. The molecule has 2 rings (SSSR count). The van der Waals surface area contributed by atoms with Crippen LogP contribution in [0.2, 0.25) is 0 Å². The second kappa shape index (κ2) is 6.57. The summed E-state index contributed by atoms with van der Waals surface area (Å²) >= 11 is 3.48. The molecule has 0 heterocycles. The molecule has 0 aliphatic rings. The second-order valence-corrected chi connectivity index (χ2v) is 6.05. The van der Waals surface area contributed by atoms with Crippen LogP contribution in [-0.4, -0.2) is 0 Å². The van der Waals surface area contributed by atoms with Crippen molar-refractivity contribution in [1.29, 1.82) is 10.5 Å². The normalized spacial score (nSPS) is 10.7. The van der Waals surface area contributed by atoms with Crippen LogP contribution in [0.25, 0.3) is 0 Å². The molecule has 0 spiro atoms. The molecule has 0 atom stereocenters. The van der Waals surface area contributed by atoms with Crippen molar-refractivity contribution in [3.8, 4) is 12.1 Å². The topological polar surface area (TPSA) is 47.6 Å². The zero-order valence-electron chi connectivity index (χ0n) is 11.8. The number of rotatable bonds is 4. The highest BCUT2D eigenvalue weighted by Gasteiger charge is 2.34. The summed E-state index contributed by atoms with van der Waals surface area (Å²) in [6, 6.07) is 20.5. The molecule has 0 fully saturated rings. The third-order valence-corrected chi connectivity index (χ3v) is 4.20. The van der Waals surface area contributed by atoms with Gasteiger partial charge >= 0.3 is 0 Å². The maximum Gasteiger partial charge on any atom is 0.0635 e. The van der Waals surface area contributed by atoms with Crippen molar-refractivity contribution in [2.24, 2.45) is 0 Å². The zero-order valence-corrected chi connectivity index (χ0v) is 13.4. The van der Waals surface area contributed by atoms with Gasteiger partial charge in [-0.05, 0) is 30.2 Å². The summed E-state index contributed by atoms with van der Waals surface area (Å²) in [6.07, 6.45) is 0.556. The van der Waals surface area contributed by atoms with Crippen LogP contribution in [0.15, 0.2) is 53.0 Å². The van der Waals surface area contributed by atoms with Crippen molar-refractivity contribution in [2.75, 3.05) is 0 Å². The van der Waals surface area contributed by atoms with Crippen molar-refractivity contribution in [1.82, 2.24) is 0 Å². The van der Waals surface area contributed by atoms with E-state index in [1.54, 1.807) is 0 Å². The Morgan fingerprint density at radius 1 is 0.952 bits per heavy atom. The lowest BCUT2D eigenvalue weighted by Gasteiger charge is -2.31. The minimum absolute atomic E-state index is 0.278. The summed E-state index contributed by atoms with van der Waals surface area (Å²) in [5.41, 5.74) is 2.55. The minimum Gasteiger partial charge on any atom is -0.198 e. The molecule has 0 amide bonds. The average molecular weight is 339 g/mol. The highest BCUT2D eigenvalue weighted by molar-refractivity contribution is 9.10. The molecule has 0 saturated carbocycles. The Kier molecular flexibility index (Phi) is 4.78. The molecule has 3 heteroatoms. The molecule has 0 aliphatic heterocycles. The van der Waals surface area contributed by atoms with E-state index in [2.05, 4.69) is 34.1 Å². The van der Waals surface area contributed by atoms with Gasteiger partial charge in [-0.1, -0.05) is 57.9 Å². The molecular formula is C18H15BrN2. The largest absolute Gasteiger partial charge is 0.198 e. The van der Waals surface area contributed by atoms with E-state index in [9.17, 15) is 10.5 Å². The molecule has 104 valence electrons. The Morgan fingerprint density at radius 3 is 2.05 bits per heavy atom. The lowest BCUT2D eigenvalue weighted by Crippen LogP contribution is -2.27. The second-order valence-electron chi connectivity index (χ2n) is 5.13. The lowest BCUT2D eigenvalue weighted by molar-refractivity contribution is 0.538. The van der Waals surface area contributed by atoms with Crippen LogP contribution in [0.1, 0.15) is 29.5 Å². The monoisotopic (exact) mass is 338 g/mol. The van der Waals surface area contributed by atoms with Crippen LogP contribution < -0.4 is 0 Å². The van der Waals surface area contributed by atoms with Gasteiger partial charge in [0.05, 0.1) is 12.1 Å². The minimum atomic E-state index is -0.584. The molecule has 0 radical (unpaired) electrons. The lowest BCUT2D eigenvalue weighted by atomic mass is 9.70. The van der Waals surface area contributed by atoms with Crippen LogP contribution >= 0.6 is 15.9 Å². The molecule has 2 nitrogen and oxygen atoms in total. The molecule has 0 aliphatic carbocycles. The highest BCUT2D eigenvalue weighted by Crippen LogP contribution is 2.39. The molecule has 0 saturated heterocycles. The Labute approximate surface area is 133 Å². The van der Waals surface area contributed by atoms with E-state index in [-0.39, 0.29) is 12.8 Å². The number of hydrogen-bond acceptors (Lipinski definition) is 2. The first-order valence-corrected chi connectivity index (χ1v) is 7.49. The average Bonchev–Trinajstić information content (AvgIpc) is 2.47. The third kappa shape index (κ3) is 3.15. The van der Waals surface area contributed by atoms with Crippen LogP contribution in [0.4, 0.5) is 0 Å². The van der Waals surface area contributed by atoms with Gasteiger partial charge in [0, 0.05) is 22.7 Å². The van der Waals surface area contributed by atoms with Crippen molar-refractivity contribution >= 4 is 15.9 Å². The number of hydrogen-bond donors (Lipinski definition) is 0. The number of nitrogens with zero attached hydrogens (tertiary/aromatic N) is 2. The first-order valence-electron chi connectivity index (χ1n) is 6.69. The van der Waals surface area contributed by atoms with Gasteiger partial charge < -0.3 is 0 Å². The van der Waals surface area contributed by atoms with Crippen LogP contribution in [-0.2, 0) is 5.41 Å². The van der Waals surface area contributed by atoms with Crippen molar-refractivity contribution in [3.63, 3.8) is 0 Å². The first kappa shape index (κ1) is 15.3. The van der Waals surface area contributed by atoms with Gasteiger partial charge in [0.1, 0.15) is 0 Å². The van der Waals surface area contributed by atoms with E-state index >= 15 is 0 Å². The fraction of sp³-hybridized carbons (Fsp3) is 0.222. The summed E-state index contributed by atoms with van der Waals surface area (Å²) in [5, 5.41) is 18.6. The standard InChI is InChI=1S/C18H15BrN2/c1-14-4-2-5-15(12-14)18(8-10-20,9-11-21)16-6-3-7-17(19)13-16/h2-7,12-13H,8-9H2,1H3. The van der Waals surface area contributed by atoms with E-state index in [4.69, 9.17) is 0 Å². The maximum absolute atomic E-state index is 9.32. The highest BCUT2D eigenvalue weighted by atomic mass is 79.9. The van der Waals surface area contributed by atoms with Crippen molar-refractivity contribution < 1.29 is 0 Å². The van der Waals surface area contributed by atoms with Gasteiger partial charge in [-0.3, -0.25) is 0 Å². The van der Waals surface area contributed by atoms with E-state index in [0.717, 1.165) is 21.2 Å². The van der Waals surface area contributed by atoms with Gasteiger partial charge in [0.2, 0.25) is 0 Å². The third-order valence-electron chi connectivity index (χ3n) is 3.71. The molecule has 0 bridgehead atoms. The first-order chi connectivity index (χ1) is 10.1. The van der Waals surface area contributed by atoms with Crippen LogP contribution in [0, 0.1) is 29.6 Å². The van der Waals surface area contributed by atoms with Gasteiger partial charge in [-0.15, -0.1) is 0 Å². The molecule has 2 aromatic carbocycles. The maximum atomic E-state index is 9.32. The van der Waals surface area contributed by atoms with Gasteiger partial charge in [-0.2, -0.15) is 10.5 Å². The van der Waals surface area contributed by atoms with E-state index in [0.29, 0.717) is 0 Å². The SMILES string of the molecule is Cc1cccc(C(CC#N)(CC#N)c2cccc(Br)c2)c1. The van der Waals surface area contributed by atoms with Crippen molar-refractivity contribution in [2.45, 2.75) is 25.2 Å². The summed E-state index contributed by atoms with van der Waals surface area (Å²) < 4.78 is 0.952. The Bertz CT molecular complexity index is 659. The van der Waals surface area contributed by atoms with Crippen LogP contribution in [0.5, 0.6) is 0 Å². The molecule has 0 unspecified atom stereocenters. The molecule has 0 N–H and O–H groups in total. The predicted molar refractivity (Wildman–Crippen MR) is 86.6 cm³/mol. The van der Waals surface area contributed by atoms with E-state index in [1.807, 2.05) is 49.4 Å². The van der Waals surface area contributed by atoms with Crippen molar-refractivity contribution in [3.05, 3.63) is 69.7 Å². The number of aryl methyl sites for hydroxylation is 1. The molecular weight excluding hydrogens is 324 g/mol. The quantitative estimate of drug-likeness (QED) is 0.798. The smallest absolute Gasteiger partial charge is 0.0635 e. The summed E-state index contributed by atoms with van der Waals surface area (Å²) in [7, 11) is 0. The van der Waals surface area contributed by atoms with Gasteiger partial charge in [0.25, 0.3) is 0 Å². The summed E-state index contributed by atoms with van der Waals surface area (Å²) in [4.78, 5) is 0.